The number of ketones is 1. The van der Waals surface area contributed by atoms with Crippen LogP contribution in [0.2, 0.25) is 0 Å². The molecule has 31 heavy (non-hydrogen) atoms. The van der Waals surface area contributed by atoms with E-state index in [1.54, 1.807) is 6.08 Å². The summed E-state index contributed by atoms with van der Waals surface area (Å²) >= 11 is 0. The lowest BCUT2D eigenvalue weighted by molar-refractivity contribution is -0.154. The number of aryl methyl sites for hydroxylation is 1. The van der Waals surface area contributed by atoms with E-state index in [-0.39, 0.29) is 23.8 Å². The minimum Gasteiger partial charge on any atom is -0.460 e. The molecule has 2 rings (SSSR count). The van der Waals surface area contributed by atoms with Crippen LogP contribution in [0.5, 0.6) is 0 Å². The minimum absolute atomic E-state index is 0.0343. The number of rotatable bonds is 11. The molecule has 3 atom stereocenters. The number of hydrogen-bond acceptors (Lipinski definition) is 4. The van der Waals surface area contributed by atoms with Crippen LogP contribution in [0.25, 0.3) is 0 Å². The summed E-state index contributed by atoms with van der Waals surface area (Å²) in [6.45, 7) is 5.63. The number of aliphatic hydroxyl groups is 1. The number of aliphatic hydroxyl groups excluding tert-OH is 1. The summed E-state index contributed by atoms with van der Waals surface area (Å²) in [5.74, 6) is 0.351. The van der Waals surface area contributed by atoms with E-state index in [1.807, 2.05) is 57.2 Å². The monoisotopic (exact) mass is 426 g/mol. The van der Waals surface area contributed by atoms with E-state index in [9.17, 15) is 14.7 Å². The molecule has 170 valence electrons. The highest BCUT2D eigenvalue weighted by molar-refractivity contribution is 5.89. The molecule has 1 aliphatic carbocycles. The lowest BCUT2D eigenvalue weighted by atomic mass is 9.90. The van der Waals surface area contributed by atoms with Gasteiger partial charge in [0.15, 0.2) is 5.78 Å². The lowest BCUT2D eigenvalue weighted by Gasteiger charge is -2.19. The van der Waals surface area contributed by atoms with Gasteiger partial charge in [-0.1, -0.05) is 48.6 Å². The van der Waals surface area contributed by atoms with Gasteiger partial charge in [0.2, 0.25) is 0 Å². The molecule has 1 aromatic carbocycles. The van der Waals surface area contributed by atoms with Crippen LogP contribution in [0, 0.1) is 11.8 Å². The van der Waals surface area contributed by atoms with Crippen LogP contribution >= 0.6 is 0 Å². The second-order valence-corrected chi connectivity index (χ2v) is 9.48. The van der Waals surface area contributed by atoms with Gasteiger partial charge in [-0.05, 0) is 76.9 Å². The summed E-state index contributed by atoms with van der Waals surface area (Å²) in [6, 6.07) is 10.0. The van der Waals surface area contributed by atoms with Crippen molar-refractivity contribution in [1.82, 2.24) is 0 Å². The molecule has 4 nitrogen and oxygen atoms in total. The van der Waals surface area contributed by atoms with E-state index in [0.717, 1.165) is 38.5 Å². The van der Waals surface area contributed by atoms with Gasteiger partial charge in [0, 0.05) is 18.8 Å². The zero-order valence-electron chi connectivity index (χ0n) is 19.3. The highest BCUT2D eigenvalue weighted by atomic mass is 16.6. The van der Waals surface area contributed by atoms with Crippen molar-refractivity contribution in [3.05, 3.63) is 60.2 Å². The largest absolute Gasteiger partial charge is 0.460 e. The number of hydrogen-bond donors (Lipinski definition) is 1. The van der Waals surface area contributed by atoms with E-state index >= 15 is 0 Å². The Kier molecular flexibility index (Phi) is 10.2. The fourth-order valence-corrected chi connectivity index (χ4v) is 4.00. The molecule has 1 aliphatic rings. The van der Waals surface area contributed by atoms with Crippen molar-refractivity contribution in [1.29, 1.82) is 0 Å². The van der Waals surface area contributed by atoms with Crippen LogP contribution in [-0.4, -0.2) is 28.6 Å². The number of carbonyl (C=O) groups is 2. The number of carbonyl (C=O) groups excluding carboxylic acids is 2. The predicted molar refractivity (Wildman–Crippen MR) is 125 cm³/mol. The van der Waals surface area contributed by atoms with Crippen LogP contribution in [0.1, 0.15) is 71.3 Å². The Labute approximate surface area is 187 Å². The second-order valence-electron chi connectivity index (χ2n) is 9.48. The quantitative estimate of drug-likeness (QED) is 0.217. The van der Waals surface area contributed by atoms with Gasteiger partial charge in [-0.2, -0.15) is 0 Å². The molecule has 1 unspecified atom stereocenters. The van der Waals surface area contributed by atoms with Crippen molar-refractivity contribution in [2.75, 3.05) is 0 Å². The molecule has 0 radical (unpaired) electrons. The maximum atomic E-state index is 12.2. The fourth-order valence-electron chi connectivity index (χ4n) is 4.00. The van der Waals surface area contributed by atoms with Gasteiger partial charge in [-0.25, -0.2) is 0 Å². The molecule has 0 heterocycles. The van der Waals surface area contributed by atoms with Crippen LogP contribution in [0.4, 0.5) is 0 Å². The Morgan fingerprint density at radius 3 is 2.55 bits per heavy atom. The van der Waals surface area contributed by atoms with Crippen LogP contribution in [-0.2, 0) is 20.7 Å². The van der Waals surface area contributed by atoms with Gasteiger partial charge in [0.1, 0.15) is 5.60 Å². The van der Waals surface area contributed by atoms with E-state index < -0.39 is 5.60 Å². The summed E-state index contributed by atoms with van der Waals surface area (Å²) in [5.41, 5.74) is 0.738. The molecule has 0 bridgehead atoms. The van der Waals surface area contributed by atoms with Gasteiger partial charge >= 0.3 is 5.97 Å². The Morgan fingerprint density at radius 2 is 1.84 bits per heavy atom. The molecular formula is C27H38O4. The summed E-state index contributed by atoms with van der Waals surface area (Å²) in [6.07, 6.45) is 13.4. The van der Waals surface area contributed by atoms with Gasteiger partial charge in [0.25, 0.3) is 0 Å². The molecular weight excluding hydrogens is 388 g/mol. The third-order valence-corrected chi connectivity index (χ3v) is 5.61. The van der Waals surface area contributed by atoms with Gasteiger partial charge in [0.05, 0.1) is 6.10 Å². The molecule has 1 N–H and O–H groups in total. The zero-order valence-corrected chi connectivity index (χ0v) is 19.3. The van der Waals surface area contributed by atoms with E-state index in [1.165, 1.54) is 5.56 Å². The second kappa shape index (κ2) is 12.6. The van der Waals surface area contributed by atoms with E-state index in [4.69, 9.17) is 4.74 Å². The Balaban J connectivity index is 1.71. The number of ether oxygens (including phenoxy) is 1. The van der Waals surface area contributed by atoms with Crippen molar-refractivity contribution in [2.45, 2.75) is 83.8 Å². The molecule has 0 aromatic heterocycles. The third kappa shape index (κ3) is 10.1. The Morgan fingerprint density at radius 1 is 1.10 bits per heavy atom. The predicted octanol–water partition coefficient (Wildman–Crippen LogP) is 5.59. The van der Waals surface area contributed by atoms with Crippen LogP contribution in [0.15, 0.2) is 54.6 Å². The van der Waals surface area contributed by atoms with Crippen molar-refractivity contribution in [3.63, 3.8) is 0 Å². The van der Waals surface area contributed by atoms with E-state index in [0.29, 0.717) is 18.8 Å². The molecule has 0 aliphatic heterocycles. The van der Waals surface area contributed by atoms with Crippen molar-refractivity contribution in [2.24, 2.45) is 11.8 Å². The normalized spacial score (nSPS) is 21.7. The number of benzene rings is 1. The maximum absolute atomic E-state index is 12.2. The topological polar surface area (TPSA) is 63.6 Å². The summed E-state index contributed by atoms with van der Waals surface area (Å²) in [5, 5.41) is 10.3. The first-order valence-electron chi connectivity index (χ1n) is 11.5. The number of unbranched alkanes of at least 4 members (excludes halogenated alkanes) is 1. The fraction of sp³-hybridized carbons (Fsp3) is 0.556. The first-order chi connectivity index (χ1) is 14.7. The number of allylic oxidation sites excluding steroid dienone is 3. The first-order valence-corrected chi connectivity index (χ1v) is 11.5. The molecule has 1 saturated carbocycles. The highest BCUT2D eigenvalue weighted by Crippen LogP contribution is 2.35. The molecule has 0 saturated heterocycles. The summed E-state index contributed by atoms with van der Waals surface area (Å²) < 4.78 is 5.31. The average molecular weight is 427 g/mol. The molecule has 0 amide bonds. The summed E-state index contributed by atoms with van der Waals surface area (Å²) in [7, 11) is 0. The Bertz CT molecular complexity index is 742. The summed E-state index contributed by atoms with van der Waals surface area (Å²) in [4.78, 5) is 24.0. The smallest absolute Gasteiger partial charge is 0.306 e. The Hall–Kier alpha value is -2.20. The standard InChI is InChI=1S/C27H38O4/c1-27(2,3)31-26(30)14-10-5-4-9-13-22-16-20-25(29)24(22)19-18-23(28)17-15-21-11-7-6-8-12-21/h4,6-9,11-12,18-19,22,24-25,29H,5,10,13-17,20H2,1-3H3/b9-4-,19-18+/t22-,24?,25+/m0/s1. The molecule has 4 heteroatoms. The maximum Gasteiger partial charge on any atom is 0.306 e. The van der Waals surface area contributed by atoms with Gasteiger partial charge in [-0.3, -0.25) is 9.59 Å². The SMILES string of the molecule is CC(C)(C)OC(=O)CCC/C=C\C[C@H]1CC[C@@H](O)C1/C=C/C(=O)CCc1ccccc1. The first kappa shape index (κ1) is 25.1. The average Bonchev–Trinajstić information content (AvgIpc) is 3.06. The lowest BCUT2D eigenvalue weighted by Crippen LogP contribution is -2.23. The zero-order chi connectivity index (χ0) is 22.7. The van der Waals surface area contributed by atoms with Crippen molar-refractivity contribution in [3.8, 4) is 0 Å². The third-order valence-electron chi connectivity index (χ3n) is 5.61. The van der Waals surface area contributed by atoms with Gasteiger partial charge < -0.3 is 9.84 Å². The van der Waals surface area contributed by atoms with Gasteiger partial charge in [-0.15, -0.1) is 0 Å². The molecule has 0 spiro atoms. The minimum atomic E-state index is -0.429. The number of esters is 1. The van der Waals surface area contributed by atoms with Crippen LogP contribution < -0.4 is 0 Å². The van der Waals surface area contributed by atoms with Crippen LogP contribution in [0.3, 0.4) is 0 Å². The molecule has 1 fully saturated rings. The van der Waals surface area contributed by atoms with Crippen molar-refractivity contribution < 1.29 is 19.4 Å². The van der Waals surface area contributed by atoms with E-state index in [2.05, 4.69) is 12.2 Å². The van der Waals surface area contributed by atoms with Crippen molar-refractivity contribution >= 4 is 11.8 Å². The highest BCUT2D eigenvalue weighted by Gasteiger charge is 2.32. The molecule has 1 aromatic rings.